The second kappa shape index (κ2) is 11.0. The minimum Gasteiger partial charge on any atom is -0.350 e. The number of unbranched alkanes of at least 4 members (excludes halogenated alkanes) is 1. The highest BCUT2D eigenvalue weighted by molar-refractivity contribution is 7.89. The van der Waals surface area contributed by atoms with E-state index in [0.29, 0.717) is 13.0 Å². The number of primary sulfonamides is 1. The van der Waals surface area contributed by atoms with Gasteiger partial charge in [0.1, 0.15) is 6.04 Å². The van der Waals surface area contributed by atoms with Crippen molar-refractivity contribution < 1.29 is 18.0 Å². The lowest BCUT2D eigenvalue weighted by Gasteiger charge is -2.17. The van der Waals surface area contributed by atoms with Crippen LogP contribution >= 0.6 is 12.4 Å². The fourth-order valence-corrected chi connectivity index (χ4v) is 2.63. The highest BCUT2D eigenvalue weighted by Gasteiger charge is 2.18. The van der Waals surface area contributed by atoms with Crippen molar-refractivity contribution in [2.45, 2.75) is 43.7 Å². The SMILES string of the molecule is CC(=O)NC(CCCCN)C(=O)NCc1ccc(S(N)(=O)=O)cc1.Cl. The van der Waals surface area contributed by atoms with Gasteiger partial charge in [0, 0.05) is 13.5 Å². The second-order valence-corrected chi connectivity index (χ2v) is 7.01. The minimum absolute atomic E-state index is 0. The van der Waals surface area contributed by atoms with Crippen LogP contribution in [-0.2, 0) is 26.2 Å². The van der Waals surface area contributed by atoms with Crippen LogP contribution in [0.2, 0.25) is 0 Å². The predicted octanol–water partition coefficient (Wildman–Crippen LogP) is 0.00570. The summed E-state index contributed by atoms with van der Waals surface area (Å²) < 4.78 is 22.4. The van der Waals surface area contributed by atoms with E-state index in [-0.39, 0.29) is 35.7 Å². The number of hydrogen-bond donors (Lipinski definition) is 4. The Bertz CT molecular complexity index is 665. The molecule has 1 unspecified atom stereocenters. The number of sulfonamides is 1. The number of amides is 2. The van der Waals surface area contributed by atoms with Gasteiger partial charge in [0.2, 0.25) is 21.8 Å². The summed E-state index contributed by atoms with van der Waals surface area (Å²) >= 11 is 0. The number of hydrogen-bond acceptors (Lipinski definition) is 5. The number of carbonyl (C=O) groups excluding carboxylic acids is 2. The zero-order chi connectivity index (χ0) is 18.2. The van der Waals surface area contributed by atoms with E-state index in [1.54, 1.807) is 12.1 Å². The van der Waals surface area contributed by atoms with E-state index in [1.165, 1.54) is 19.1 Å². The van der Waals surface area contributed by atoms with Crippen LogP contribution in [-0.4, -0.2) is 32.8 Å². The Morgan fingerprint density at radius 2 is 1.76 bits per heavy atom. The largest absolute Gasteiger partial charge is 0.350 e. The highest BCUT2D eigenvalue weighted by atomic mass is 35.5. The standard InChI is InChI=1S/C15H24N4O4S.ClH/c1-11(20)19-14(4-2-3-9-16)15(21)18-10-12-5-7-13(8-6-12)24(17,22)23;/h5-8,14H,2-4,9-10,16H2,1H3,(H,18,21)(H,19,20)(H2,17,22,23);1H. The number of nitrogens with two attached hydrogens (primary N) is 2. The molecule has 8 nitrogen and oxygen atoms in total. The van der Waals surface area contributed by atoms with Crippen LogP contribution in [0, 0.1) is 0 Å². The Balaban J connectivity index is 0.00000576. The van der Waals surface area contributed by atoms with Gasteiger partial charge >= 0.3 is 0 Å². The molecule has 1 aromatic rings. The lowest BCUT2D eigenvalue weighted by atomic mass is 10.1. The number of halogens is 1. The molecule has 142 valence electrons. The van der Waals surface area contributed by atoms with Crippen molar-refractivity contribution >= 4 is 34.2 Å². The molecule has 0 fully saturated rings. The number of nitrogens with one attached hydrogen (secondary N) is 2. The molecule has 0 saturated carbocycles. The lowest BCUT2D eigenvalue weighted by Crippen LogP contribution is -2.45. The van der Waals surface area contributed by atoms with Gasteiger partial charge in [0.05, 0.1) is 4.90 Å². The molecule has 0 aliphatic rings. The van der Waals surface area contributed by atoms with Crippen molar-refractivity contribution in [3.8, 4) is 0 Å². The van der Waals surface area contributed by atoms with Crippen LogP contribution in [0.25, 0.3) is 0 Å². The van der Waals surface area contributed by atoms with E-state index >= 15 is 0 Å². The van der Waals surface area contributed by atoms with Gasteiger partial charge in [-0.2, -0.15) is 0 Å². The third-order valence-corrected chi connectivity index (χ3v) is 4.29. The third-order valence-electron chi connectivity index (χ3n) is 3.36. The molecule has 0 saturated heterocycles. The van der Waals surface area contributed by atoms with Crippen molar-refractivity contribution in [1.82, 2.24) is 10.6 Å². The fraction of sp³-hybridized carbons (Fsp3) is 0.467. The summed E-state index contributed by atoms with van der Waals surface area (Å²) in [5.41, 5.74) is 6.15. The summed E-state index contributed by atoms with van der Waals surface area (Å²) in [7, 11) is -3.74. The Kier molecular flexibility index (Phi) is 10.3. The molecule has 1 aromatic carbocycles. The molecule has 2 amide bonds. The topological polar surface area (TPSA) is 144 Å². The van der Waals surface area contributed by atoms with Crippen LogP contribution < -0.4 is 21.5 Å². The van der Waals surface area contributed by atoms with Crippen LogP contribution in [0.15, 0.2) is 29.2 Å². The summed E-state index contributed by atoms with van der Waals surface area (Å²) in [4.78, 5) is 23.4. The van der Waals surface area contributed by atoms with Crippen LogP contribution in [0.1, 0.15) is 31.7 Å². The summed E-state index contributed by atoms with van der Waals surface area (Å²) in [5.74, 6) is -0.571. The smallest absolute Gasteiger partial charge is 0.242 e. The van der Waals surface area contributed by atoms with E-state index < -0.39 is 16.1 Å². The minimum atomic E-state index is -3.74. The van der Waals surface area contributed by atoms with Crippen LogP contribution in [0.4, 0.5) is 0 Å². The van der Waals surface area contributed by atoms with E-state index in [1.807, 2.05) is 0 Å². The van der Waals surface area contributed by atoms with Crippen molar-refractivity contribution in [1.29, 1.82) is 0 Å². The maximum Gasteiger partial charge on any atom is 0.242 e. The molecule has 0 heterocycles. The quantitative estimate of drug-likeness (QED) is 0.437. The molecule has 1 atom stereocenters. The highest BCUT2D eigenvalue weighted by Crippen LogP contribution is 2.09. The second-order valence-electron chi connectivity index (χ2n) is 5.44. The molecule has 0 bridgehead atoms. The number of rotatable bonds is 9. The molecule has 6 N–H and O–H groups in total. The molecule has 0 radical (unpaired) electrons. The zero-order valence-electron chi connectivity index (χ0n) is 14.0. The van der Waals surface area contributed by atoms with Gasteiger partial charge in [0.15, 0.2) is 0 Å². The van der Waals surface area contributed by atoms with Gasteiger partial charge in [0.25, 0.3) is 0 Å². The summed E-state index contributed by atoms with van der Waals surface area (Å²) in [5, 5.41) is 10.4. The van der Waals surface area contributed by atoms with E-state index in [0.717, 1.165) is 18.4 Å². The van der Waals surface area contributed by atoms with Gasteiger partial charge in [-0.25, -0.2) is 13.6 Å². The Morgan fingerprint density at radius 3 is 2.24 bits per heavy atom. The first kappa shape index (κ1) is 23.3. The van der Waals surface area contributed by atoms with E-state index in [4.69, 9.17) is 10.9 Å². The predicted molar refractivity (Wildman–Crippen MR) is 97.4 cm³/mol. The Labute approximate surface area is 154 Å². The van der Waals surface area contributed by atoms with Gasteiger partial charge in [-0.1, -0.05) is 12.1 Å². The maximum absolute atomic E-state index is 12.2. The Hall–Kier alpha value is -1.68. The molecule has 0 aliphatic heterocycles. The summed E-state index contributed by atoms with van der Waals surface area (Å²) in [6.07, 6.45) is 2.02. The molecule has 0 aliphatic carbocycles. The Morgan fingerprint density at radius 1 is 1.16 bits per heavy atom. The summed E-state index contributed by atoms with van der Waals surface area (Å²) in [6.45, 7) is 2.11. The fourth-order valence-electron chi connectivity index (χ4n) is 2.12. The number of benzene rings is 1. The zero-order valence-corrected chi connectivity index (χ0v) is 15.7. The van der Waals surface area contributed by atoms with Crippen molar-refractivity contribution in [2.75, 3.05) is 6.54 Å². The number of carbonyl (C=O) groups is 2. The molecule has 0 aromatic heterocycles. The van der Waals surface area contributed by atoms with Gasteiger partial charge in [-0.05, 0) is 43.5 Å². The average molecular weight is 393 g/mol. The average Bonchev–Trinajstić information content (AvgIpc) is 2.51. The molecular weight excluding hydrogens is 368 g/mol. The molecule has 1 rings (SSSR count). The van der Waals surface area contributed by atoms with Crippen LogP contribution in [0.5, 0.6) is 0 Å². The first-order valence-electron chi connectivity index (χ1n) is 7.60. The van der Waals surface area contributed by atoms with Gasteiger partial charge < -0.3 is 16.4 Å². The van der Waals surface area contributed by atoms with E-state index in [9.17, 15) is 18.0 Å². The molecule has 25 heavy (non-hydrogen) atoms. The molecule has 0 spiro atoms. The van der Waals surface area contributed by atoms with Crippen molar-refractivity contribution in [3.05, 3.63) is 29.8 Å². The van der Waals surface area contributed by atoms with Crippen molar-refractivity contribution in [2.24, 2.45) is 10.9 Å². The van der Waals surface area contributed by atoms with Gasteiger partial charge in [-0.3, -0.25) is 9.59 Å². The monoisotopic (exact) mass is 392 g/mol. The van der Waals surface area contributed by atoms with Crippen LogP contribution in [0.3, 0.4) is 0 Å². The molecule has 10 heteroatoms. The van der Waals surface area contributed by atoms with Crippen molar-refractivity contribution in [3.63, 3.8) is 0 Å². The normalized spacial score (nSPS) is 12.0. The lowest BCUT2D eigenvalue weighted by molar-refractivity contribution is -0.128. The maximum atomic E-state index is 12.2. The first-order chi connectivity index (χ1) is 11.2. The summed E-state index contributed by atoms with van der Waals surface area (Å²) in [6, 6.07) is 5.29. The third kappa shape index (κ3) is 8.82. The van der Waals surface area contributed by atoms with E-state index in [2.05, 4.69) is 10.6 Å². The molecular formula is C15H25ClN4O4S. The van der Waals surface area contributed by atoms with Gasteiger partial charge in [-0.15, -0.1) is 12.4 Å². The first-order valence-corrected chi connectivity index (χ1v) is 9.15.